The van der Waals surface area contributed by atoms with Gasteiger partial charge in [-0.25, -0.2) is 0 Å². The number of rotatable bonds is 4. The van der Waals surface area contributed by atoms with Crippen molar-refractivity contribution in [2.24, 2.45) is 0 Å². The number of nitriles is 2. The Balaban J connectivity index is 1.39. The third-order valence-electron chi connectivity index (χ3n) is 8.43. The molecule has 4 nitrogen and oxygen atoms in total. The van der Waals surface area contributed by atoms with Crippen molar-refractivity contribution in [2.75, 3.05) is 0 Å². The van der Waals surface area contributed by atoms with Gasteiger partial charge in [-0.3, -0.25) is 0 Å². The van der Waals surface area contributed by atoms with E-state index in [1.807, 2.05) is 78.9 Å². The van der Waals surface area contributed by atoms with Crippen LogP contribution in [0.5, 0.6) is 5.75 Å². The van der Waals surface area contributed by atoms with Gasteiger partial charge in [-0.05, 0) is 64.1 Å². The maximum atomic E-state index is 10.6. The summed E-state index contributed by atoms with van der Waals surface area (Å²) >= 11 is 0. The fourth-order valence-electron chi connectivity index (χ4n) is 6.33. The number of hydrogen-bond donors (Lipinski definition) is 1. The molecule has 43 heavy (non-hydrogen) atoms. The molecule has 7 aromatic rings. The highest BCUT2D eigenvalue weighted by Gasteiger charge is 2.29. The predicted octanol–water partition coefficient (Wildman–Crippen LogP) is 9.61. The van der Waals surface area contributed by atoms with Crippen LogP contribution in [0.25, 0.3) is 66.4 Å². The van der Waals surface area contributed by atoms with Gasteiger partial charge in [-0.2, -0.15) is 10.5 Å². The first-order chi connectivity index (χ1) is 21.2. The molecule has 0 amide bonds. The fourth-order valence-corrected chi connectivity index (χ4v) is 6.33. The van der Waals surface area contributed by atoms with Gasteiger partial charge in [-0.15, -0.1) is 0 Å². The Morgan fingerprint density at radius 3 is 1.93 bits per heavy atom. The van der Waals surface area contributed by atoms with E-state index in [9.17, 15) is 15.6 Å². The summed E-state index contributed by atoms with van der Waals surface area (Å²) in [7, 11) is 0. The Kier molecular flexibility index (Phi) is 5.44. The van der Waals surface area contributed by atoms with Crippen molar-refractivity contribution in [3.8, 4) is 62.4 Å². The first-order valence-corrected chi connectivity index (χ1v) is 14.1. The van der Waals surface area contributed by atoms with Crippen molar-refractivity contribution in [2.45, 2.75) is 6.42 Å². The molecule has 8 rings (SSSR count). The number of para-hydroxylation sites is 3. The van der Waals surface area contributed by atoms with E-state index < -0.39 is 0 Å². The molecule has 0 radical (unpaired) electrons. The SMILES string of the molecule is N#Cc1c(-c2ccccc2)cc(-c2cccc3c2oc2c(C#N)cccc23)cc1-c1ccc(-c2ccccc2O)c2c1C2. The quantitative estimate of drug-likeness (QED) is 0.237. The van der Waals surface area contributed by atoms with E-state index in [2.05, 4.69) is 36.4 Å². The van der Waals surface area contributed by atoms with Crippen molar-refractivity contribution in [3.63, 3.8) is 0 Å². The molecule has 4 heteroatoms. The molecule has 1 N–H and O–H groups in total. The molecule has 200 valence electrons. The summed E-state index contributed by atoms with van der Waals surface area (Å²) in [5.74, 6) is 0.258. The standard InChI is InChI=1S/C39H22N2O2/c40-21-24-10-6-13-30-31-14-7-12-26(39(31)43-38(24)30)25-18-32(23-8-2-1-3-9-23)36(22-41)33(19-25)28-17-16-27(34-20-35(28)34)29-11-4-5-15-37(29)42/h1-19,42H,20H2. The summed E-state index contributed by atoms with van der Waals surface area (Å²) in [5.41, 5.74) is 12.1. The largest absolute Gasteiger partial charge is 0.507 e. The Bertz CT molecular complexity index is 2350. The molecule has 0 saturated heterocycles. The van der Waals surface area contributed by atoms with E-state index in [0.29, 0.717) is 22.3 Å². The second-order valence-electron chi connectivity index (χ2n) is 10.8. The van der Waals surface area contributed by atoms with Crippen LogP contribution in [0.2, 0.25) is 0 Å². The van der Waals surface area contributed by atoms with Crippen molar-refractivity contribution in [1.82, 2.24) is 0 Å². The lowest BCUT2D eigenvalue weighted by molar-refractivity contribution is 0.477. The summed E-state index contributed by atoms with van der Waals surface area (Å²) in [6.45, 7) is 0. The van der Waals surface area contributed by atoms with Gasteiger partial charge in [0.15, 0.2) is 5.58 Å². The van der Waals surface area contributed by atoms with Crippen molar-refractivity contribution >= 4 is 21.9 Å². The van der Waals surface area contributed by atoms with E-state index in [0.717, 1.165) is 61.7 Å². The monoisotopic (exact) mass is 550 g/mol. The number of phenolic OH excluding ortho intramolecular Hbond substituents is 1. The molecule has 0 atom stereocenters. The maximum Gasteiger partial charge on any atom is 0.153 e. The van der Waals surface area contributed by atoms with E-state index in [1.54, 1.807) is 12.1 Å². The number of hydrogen-bond acceptors (Lipinski definition) is 4. The molecular weight excluding hydrogens is 528 g/mol. The summed E-state index contributed by atoms with van der Waals surface area (Å²) < 4.78 is 6.41. The smallest absolute Gasteiger partial charge is 0.153 e. The molecule has 1 aliphatic carbocycles. The third-order valence-corrected chi connectivity index (χ3v) is 8.43. The zero-order valence-corrected chi connectivity index (χ0v) is 22.9. The average Bonchev–Trinajstić information content (AvgIpc) is 3.77. The van der Waals surface area contributed by atoms with E-state index >= 15 is 0 Å². The van der Waals surface area contributed by atoms with Crippen LogP contribution in [0, 0.1) is 22.7 Å². The number of nitrogens with zero attached hydrogens (tertiary/aromatic N) is 2. The molecule has 0 spiro atoms. The van der Waals surface area contributed by atoms with Crippen LogP contribution in [0.1, 0.15) is 22.3 Å². The average molecular weight is 551 g/mol. The first-order valence-electron chi connectivity index (χ1n) is 14.1. The number of phenols is 1. The van der Waals surface area contributed by atoms with Gasteiger partial charge < -0.3 is 9.52 Å². The molecule has 1 heterocycles. The van der Waals surface area contributed by atoms with Gasteiger partial charge in [0.05, 0.1) is 11.1 Å². The lowest BCUT2D eigenvalue weighted by Crippen LogP contribution is -1.93. The molecule has 0 fully saturated rings. The lowest BCUT2D eigenvalue weighted by atomic mass is 9.87. The fraction of sp³-hybridized carbons (Fsp3) is 0.0256. The zero-order valence-electron chi connectivity index (χ0n) is 22.9. The summed E-state index contributed by atoms with van der Waals surface area (Å²) in [4.78, 5) is 0. The van der Waals surface area contributed by atoms with Crippen molar-refractivity contribution in [3.05, 3.63) is 138 Å². The highest BCUT2D eigenvalue weighted by molar-refractivity contribution is 6.11. The first kappa shape index (κ1) is 24.7. The highest BCUT2D eigenvalue weighted by atomic mass is 16.3. The predicted molar refractivity (Wildman–Crippen MR) is 169 cm³/mol. The molecule has 1 aliphatic rings. The van der Waals surface area contributed by atoms with Crippen LogP contribution in [0.4, 0.5) is 0 Å². The minimum absolute atomic E-state index is 0.258. The molecular formula is C39H22N2O2. The van der Waals surface area contributed by atoms with Crippen LogP contribution in [-0.4, -0.2) is 5.11 Å². The summed E-state index contributed by atoms with van der Waals surface area (Å²) in [6.07, 6.45) is 0.803. The Hall–Kier alpha value is -6.10. The second kappa shape index (κ2) is 9.48. The van der Waals surface area contributed by atoms with Crippen LogP contribution in [-0.2, 0) is 6.42 Å². The number of fused-ring (bicyclic) bond motifs is 4. The third kappa shape index (κ3) is 3.82. The Morgan fingerprint density at radius 2 is 1.19 bits per heavy atom. The van der Waals surface area contributed by atoms with Gasteiger partial charge in [0.25, 0.3) is 0 Å². The van der Waals surface area contributed by atoms with Gasteiger partial charge in [0.1, 0.15) is 23.5 Å². The highest BCUT2D eigenvalue weighted by Crippen LogP contribution is 2.49. The second-order valence-corrected chi connectivity index (χ2v) is 10.8. The number of aromatic hydroxyl groups is 1. The number of benzene rings is 6. The van der Waals surface area contributed by atoms with Crippen molar-refractivity contribution in [1.29, 1.82) is 10.5 Å². The molecule has 0 aliphatic heterocycles. The van der Waals surface area contributed by atoms with Gasteiger partial charge in [0.2, 0.25) is 0 Å². The molecule has 1 aromatic heterocycles. The molecule has 6 aromatic carbocycles. The Labute approximate surface area is 247 Å². The van der Waals surface area contributed by atoms with E-state index in [4.69, 9.17) is 4.42 Å². The molecule has 0 saturated carbocycles. The van der Waals surface area contributed by atoms with E-state index in [1.165, 1.54) is 11.1 Å². The lowest BCUT2D eigenvalue weighted by Gasteiger charge is -2.15. The van der Waals surface area contributed by atoms with Crippen LogP contribution in [0.15, 0.2) is 120 Å². The minimum atomic E-state index is 0.258. The normalized spacial score (nSPS) is 11.7. The van der Waals surface area contributed by atoms with Gasteiger partial charge >= 0.3 is 0 Å². The number of furan rings is 1. The Morgan fingerprint density at radius 1 is 0.535 bits per heavy atom. The van der Waals surface area contributed by atoms with Crippen LogP contribution >= 0.6 is 0 Å². The molecule has 0 unspecified atom stereocenters. The topological polar surface area (TPSA) is 81.0 Å². The van der Waals surface area contributed by atoms with Crippen LogP contribution < -0.4 is 0 Å². The summed E-state index contributed by atoms with van der Waals surface area (Å²) in [5, 5.41) is 32.6. The van der Waals surface area contributed by atoms with Gasteiger partial charge in [-0.1, -0.05) is 91.0 Å². The zero-order chi connectivity index (χ0) is 29.1. The maximum absolute atomic E-state index is 10.6. The van der Waals surface area contributed by atoms with Crippen molar-refractivity contribution < 1.29 is 9.52 Å². The van der Waals surface area contributed by atoms with Crippen LogP contribution in [0.3, 0.4) is 0 Å². The van der Waals surface area contributed by atoms with Gasteiger partial charge in [0, 0.05) is 33.0 Å². The minimum Gasteiger partial charge on any atom is -0.507 e. The summed E-state index contributed by atoms with van der Waals surface area (Å²) in [6, 6.07) is 42.1. The van der Waals surface area contributed by atoms with E-state index in [-0.39, 0.29) is 5.75 Å². The molecule has 0 bridgehead atoms.